The van der Waals surface area contributed by atoms with E-state index in [4.69, 9.17) is 69.0 Å². The summed E-state index contributed by atoms with van der Waals surface area (Å²) in [6, 6.07) is 2.36. The predicted octanol–water partition coefficient (Wildman–Crippen LogP) is -1.86. The van der Waals surface area contributed by atoms with Gasteiger partial charge in [0.1, 0.15) is 78.6 Å². The first-order valence-corrected chi connectivity index (χ1v) is 25.5. The maximum Gasteiger partial charge on any atom is 0.372 e. The molecule has 0 amide bonds. The lowest BCUT2D eigenvalue weighted by atomic mass is 10.1. The van der Waals surface area contributed by atoms with Gasteiger partial charge in [-0.1, -0.05) is 14.8 Å². The lowest BCUT2D eigenvalue weighted by molar-refractivity contribution is -0.0625. The van der Waals surface area contributed by atoms with Crippen LogP contribution in [-0.4, -0.2) is 143 Å². The van der Waals surface area contributed by atoms with Crippen molar-refractivity contribution in [1.29, 1.82) is 0 Å². The van der Waals surface area contributed by atoms with E-state index in [2.05, 4.69) is 24.9 Å². The van der Waals surface area contributed by atoms with Gasteiger partial charge < -0.3 is 75.4 Å². The van der Waals surface area contributed by atoms with Crippen molar-refractivity contribution in [3.8, 4) is 0 Å². The van der Waals surface area contributed by atoms with Crippen LogP contribution in [0.25, 0.3) is 11.2 Å². The number of aliphatic hydroxyl groups is 2. The molecular weight excluding hydrogens is 978 g/mol. The van der Waals surface area contributed by atoms with E-state index in [0.717, 1.165) is 15.2 Å². The van der Waals surface area contributed by atoms with Gasteiger partial charge in [-0.3, -0.25) is 31.8 Å². The van der Waals surface area contributed by atoms with Gasteiger partial charge in [-0.15, -0.1) is 0 Å². The summed E-state index contributed by atoms with van der Waals surface area (Å²) in [4.78, 5) is 65.5. The predicted molar refractivity (Wildman–Crippen MR) is 223 cm³/mol. The molecule has 14 unspecified atom stereocenters. The Morgan fingerprint density at radius 2 is 1.62 bits per heavy atom. The molecule has 3 fully saturated rings. The van der Waals surface area contributed by atoms with Crippen molar-refractivity contribution >= 4 is 78.3 Å². The number of fused-ring (bicyclic) bond motifs is 1. The van der Waals surface area contributed by atoms with E-state index in [0.29, 0.717) is 5.65 Å². The molecular formula is C30H38N10O18P3S3-. The van der Waals surface area contributed by atoms with Crippen LogP contribution in [-0.2, 0) is 87.2 Å². The molecule has 0 radical (unpaired) electrons. The second-order valence-corrected chi connectivity index (χ2v) is 19.8. The number of aromatic nitrogens is 8. The van der Waals surface area contributed by atoms with E-state index < -0.39 is 139 Å². The number of nitrogens with zero attached hydrogens (tertiary/aromatic N) is 7. The fourth-order valence-electron chi connectivity index (χ4n) is 7.05. The van der Waals surface area contributed by atoms with Crippen LogP contribution in [0.2, 0.25) is 0 Å². The second-order valence-electron chi connectivity index (χ2n) is 13.5. The monoisotopic (exact) mass is 1020 g/mol. The summed E-state index contributed by atoms with van der Waals surface area (Å²) in [5.74, 6) is 0.00298. The highest BCUT2D eigenvalue weighted by Gasteiger charge is 2.51. The molecule has 3 saturated heterocycles. The molecule has 34 heteroatoms. The van der Waals surface area contributed by atoms with Gasteiger partial charge in [0, 0.05) is 32.7 Å². The van der Waals surface area contributed by atoms with E-state index in [1.165, 1.54) is 49.9 Å². The summed E-state index contributed by atoms with van der Waals surface area (Å²) < 4.78 is 87.1. The van der Waals surface area contributed by atoms with Gasteiger partial charge in [-0.2, -0.15) is 9.51 Å². The van der Waals surface area contributed by atoms with Gasteiger partial charge in [0.2, 0.25) is 0 Å². The van der Waals surface area contributed by atoms with Crippen LogP contribution >= 0.6 is 22.4 Å². The number of nitrogens with one attached hydrogen (secondary N) is 1. The normalized spacial score (nSPS) is 30.7. The Morgan fingerprint density at radius 1 is 0.938 bits per heavy atom. The zero-order valence-electron chi connectivity index (χ0n) is 32.8. The zero-order chi connectivity index (χ0) is 45.8. The summed E-state index contributed by atoms with van der Waals surface area (Å²) in [5.41, 5.74) is 9.80. The Bertz CT molecular complexity index is 2620. The molecule has 0 spiro atoms. The third kappa shape index (κ3) is 10.5. The molecule has 0 aromatic carbocycles. The number of hydrogen-bond donors (Lipinski definition) is 6. The highest BCUT2D eigenvalue weighted by molar-refractivity contribution is 8.25. The quantitative estimate of drug-likeness (QED) is 0.0470. The fraction of sp³-hybridized carbons (Fsp3) is 0.567. The Balaban J connectivity index is 1.06. The number of methoxy groups -OCH3 is 2. The standard InChI is InChI=1S/C30H38N10O18P3S3/c1-49-22-20(56-61(47)62)13(55-28(22)40-11-35-17-24(32)33-10-34-25(17)40)8-51-60-63(48)57-19-14(54-26(18(19)43)38-5-3-15(31)36-29(38)44)9-52-64(59-46)58-21-12(7-41)53-27(23(21)50-2)39-6-4-16(42)37-30(39)45/h3-6,10-14,18-23,26-28,41,43,46H,7-9H2,1-2H3,(H2,31,36,44)(H2,32,33,34)(H,37,42,45)/q-1. The number of nitrogen functional groups attached to an aromatic ring is 2. The Hall–Kier alpha value is -3.26. The van der Waals surface area contributed by atoms with E-state index in [9.17, 15) is 38.3 Å². The molecule has 4 aromatic heterocycles. The van der Waals surface area contributed by atoms with Crippen LogP contribution in [0.15, 0.2) is 51.6 Å². The molecule has 0 aliphatic carbocycles. The van der Waals surface area contributed by atoms with E-state index >= 15 is 0 Å². The fourth-order valence-corrected chi connectivity index (χ4v) is 11.0. The van der Waals surface area contributed by atoms with Crippen LogP contribution in [0.1, 0.15) is 18.7 Å². The largest absolute Gasteiger partial charge is 0.439 e. The minimum atomic E-state index is -2.60. The van der Waals surface area contributed by atoms with Crippen LogP contribution in [0.5, 0.6) is 0 Å². The molecule has 8 N–H and O–H groups in total. The van der Waals surface area contributed by atoms with Gasteiger partial charge >= 0.3 is 18.6 Å². The topological polar surface area (TPSA) is 373 Å². The number of aromatic amines is 1. The van der Waals surface area contributed by atoms with Gasteiger partial charge in [0.25, 0.3) is 5.56 Å². The van der Waals surface area contributed by atoms with E-state index in [1.54, 1.807) is 0 Å². The van der Waals surface area contributed by atoms with Crippen molar-refractivity contribution in [3.63, 3.8) is 0 Å². The summed E-state index contributed by atoms with van der Waals surface area (Å²) >= 11 is 4.82. The molecule has 0 saturated carbocycles. The number of H-pyrrole nitrogens is 1. The second kappa shape index (κ2) is 21.6. The number of rotatable bonds is 18. The summed E-state index contributed by atoms with van der Waals surface area (Å²) in [6.45, 7) is -1.51. The molecule has 0 bridgehead atoms. The maximum absolute atomic E-state index is 13.5. The third-order valence-electron chi connectivity index (χ3n) is 9.86. The highest BCUT2D eigenvalue weighted by atomic mass is 32.7. The molecule has 4 aromatic rings. The Labute approximate surface area is 372 Å². The summed E-state index contributed by atoms with van der Waals surface area (Å²) in [5, 5.41) is 21.6. The van der Waals surface area contributed by atoms with Crippen molar-refractivity contribution in [2.45, 2.75) is 73.6 Å². The number of hydrogen-bond acceptors (Lipinski definition) is 25. The van der Waals surface area contributed by atoms with Crippen molar-refractivity contribution in [2.75, 3.05) is 45.5 Å². The first-order chi connectivity index (χ1) is 30.8. The minimum absolute atomic E-state index is 0.112. The van der Waals surface area contributed by atoms with Gasteiger partial charge in [0.15, 0.2) is 36.3 Å². The van der Waals surface area contributed by atoms with Gasteiger partial charge in [0.05, 0.1) is 32.3 Å². The van der Waals surface area contributed by atoms with Crippen LogP contribution in [0.3, 0.4) is 0 Å². The van der Waals surface area contributed by atoms with E-state index in [-0.39, 0.29) is 31.3 Å². The maximum atomic E-state index is 13.5. The molecule has 7 heterocycles. The molecule has 14 atom stereocenters. The molecule has 7 rings (SSSR count). The zero-order valence-corrected chi connectivity index (χ0v) is 38.0. The van der Waals surface area contributed by atoms with E-state index in [1.807, 2.05) is 0 Å². The molecule has 3 aliphatic rings. The third-order valence-corrected chi connectivity index (χ3v) is 14.1. The lowest BCUT2D eigenvalue weighted by Crippen LogP contribution is -2.41. The number of aliphatic hydroxyl groups excluding tert-OH is 2. The van der Waals surface area contributed by atoms with Crippen molar-refractivity contribution in [2.24, 2.45) is 0 Å². The summed E-state index contributed by atoms with van der Waals surface area (Å²) in [7, 11) is -5.01. The number of anilines is 2. The molecule has 64 heavy (non-hydrogen) atoms. The van der Waals surface area contributed by atoms with Crippen molar-refractivity contribution < 1.29 is 69.2 Å². The average Bonchev–Trinajstić information content (AvgIpc) is 4.01. The average molecular weight is 1020 g/mol. The number of ether oxygens (including phenoxy) is 5. The number of imidazole rings is 1. The van der Waals surface area contributed by atoms with Crippen LogP contribution in [0, 0.1) is 0 Å². The highest BCUT2D eigenvalue weighted by Crippen LogP contribution is 2.40. The first kappa shape index (κ1) is 48.7. The van der Waals surface area contributed by atoms with Crippen molar-refractivity contribution in [3.05, 3.63) is 68.5 Å². The van der Waals surface area contributed by atoms with Crippen LogP contribution in [0.4, 0.5) is 11.6 Å². The smallest absolute Gasteiger partial charge is 0.372 e. The summed E-state index contributed by atoms with van der Waals surface area (Å²) in [6.07, 6.45) is -9.54. The Morgan fingerprint density at radius 3 is 2.31 bits per heavy atom. The molecule has 350 valence electrons. The van der Waals surface area contributed by atoms with Crippen LogP contribution < -0.4 is 28.4 Å². The van der Waals surface area contributed by atoms with Gasteiger partial charge in [-0.25, -0.2) is 24.5 Å². The molecule has 28 nitrogen and oxygen atoms in total. The lowest BCUT2D eigenvalue weighted by Gasteiger charge is -2.25. The van der Waals surface area contributed by atoms with Gasteiger partial charge in [-0.05, 0) is 13.6 Å². The SMILES string of the molecule is COC1C(OS(OCC2OC(n3ccc(N)nc3=O)C(O)C2O[S-](=O)=POCC2OC(n3cnc4c(N)ncnc43)C(OC)C2O[P+](=O)[S-])=PO)C(CO)OC1n1ccc(=O)[nH]c1=O. The first-order valence-electron chi connectivity index (χ1n) is 18.3. The Kier molecular flexibility index (Phi) is 16.4. The number of nitrogens with two attached hydrogens (primary N) is 2. The molecule has 3 aliphatic heterocycles. The minimum Gasteiger partial charge on any atom is -0.439 e. The van der Waals surface area contributed by atoms with Crippen molar-refractivity contribution in [1.82, 2.24) is 38.6 Å².